The molecule has 1 N–H and O–H groups in total. The monoisotopic (exact) mass is 433 g/mol. The zero-order chi connectivity index (χ0) is 21.6. The first-order chi connectivity index (χ1) is 14.9. The fraction of sp³-hybridized carbons (Fsp3) is 0.208. The Morgan fingerprint density at radius 2 is 1.32 bits per heavy atom. The quantitative estimate of drug-likeness (QED) is 0.442. The minimum absolute atomic E-state index is 0.163. The van der Waals surface area contributed by atoms with Crippen molar-refractivity contribution in [2.45, 2.75) is 24.9 Å². The van der Waals surface area contributed by atoms with Crippen molar-refractivity contribution in [2.75, 3.05) is 6.26 Å². The Morgan fingerprint density at radius 1 is 0.806 bits per heavy atom. The highest BCUT2D eigenvalue weighted by Gasteiger charge is 2.19. The van der Waals surface area contributed by atoms with Gasteiger partial charge in [-0.25, -0.2) is 13.4 Å². The minimum Gasteiger partial charge on any atom is -0.389 e. The molecule has 0 fully saturated rings. The lowest BCUT2D eigenvalue weighted by molar-refractivity contribution is 0.137. The number of rotatable bonds is 6. The van der Waals surface area contributed by atoms with Crippen LogP contribution in [0, 0.1) is 0 Å². The second-order valence-electron chi connectivity index (χ2n) is 8.00. The van der Waals surface area contributed by atoms with Gasteiger partial charge in [0.05, 0.1) is 30.2 Å². The lowest BCUT2D eigenvalue weighted by Crippen LogP contribution is -2.23. The van der Waals surface area contributed by atoms with E-state index in [0.717, 1.165) is 32.8 Å². The van der Waals surface area contributed by atoms with Crippen molar-refractivity contribution in [1.29, 1.82) is 0 Å². The van der Waals surface area contributed by atoms with Gasteiger partial charge in [0, 0.05) is 28.1 Å². The van der Waals surface area contributed by atoms with Crippen LogP contribution in [0.4, 0.5) is 0 Å². The molecule has 0 unspecified atom stereocenters. The predicted molar refractivity (Wildman–Crippen MR) is 124 cm³/mol. The van der Waals surface area contributed by atoms with Gasteiger partial charge in [0.25, 0.3) is 0 Å². The minimum atomic E-state index is -3.26. The molecule has 2 heterocycles. The van der Waals surface area contributed by atoms with Crippen LogP contribution in [0.25, 0.3) is 32.8 Å². The number of benzene rings is 3. The van der Waals surface area contributed by atoms with Gasteiger partial charge in [-0.3, -0.25) is 0 Å². The van der Waals surface area contributed by atoms with Crippen LogP contribution in [0.3, 0.4) is 0 Å². The first-order valence-electron chi connectivity index (χ1n) is 10.2. The summed E-state index contributed by atoms with van der Waals surface area (Å²) in [7, 11) is -3.26. The highest BCUT2D eigenvalue weighted by Crippen LogP contribution is 2.29. The number of sulfone groups is 1. The van der Waals surface area contributed by atoms with Gasteiger partial charge in [-0.2, -0.15) is 0 Å². The summed E-state index contributed by atoms with van der Waals surface area (Å²) in [5, 5.41) is 13.4. The average molecular weight is 434 g/mol. The van der Waals surface area contributed by atoms with Crippen molar-refractivity contribution in [3.8, 4) is 0 Å². The second-order valence-corrected chi connectivity index (χ2v) is 10.1. The number of imidazole rings is 1. The number of hydrogen-bond donors (Lipinski definition) is 1. The first kappa shape index (κ1) is 19.8. The summed E-state index contributed by atoms with van der Waals surface area (Å²) in [6, 6.07) is 23.9. The summed E-state index contributed by atoms with van der Waals surface area (Å²) >= 11 is 0. The molecule has 0 aliphatic heterocycles. The van der Waals surface area contributed by atoms with E-state index < -0.39 is 15.9 Å². The number of para-hydroxylation sites is 4. The van der Waals surface area contributed by atoms with Gasteiger partial charge in [-0.05, 0) is 24.3 Å². The third kappa shape index (κ3) is 3.71. The highest BCUT2D eigenvalue weighted by molar-refractivity contribution is 7.89. The third-order valence-corrected chi connectivity index (χ3v) is 6.37. The van der Waals surface area contributed by atoms with Crippen LogP contribution >= 0.6 is 0 Å². The summed E-state index contributed by atoms with van der Waals surface area (Å²) in [4.78, 5) is 4.51. The van der Waals surface area contributed by atoms with Crippen molar-refractivity contribution in [3.05, 3.63) is 78.6 Å². The first-order valence-corrected chi connectivity index (χ1v) is 12.2. The van der Waals surface area contributed by atoms with Crippen molar-refractivity contribution in [1.82, 2.24) is 14.1 Å². The van der Waals surface area contributed by atoms with Gasteiger partial charge in [0.15, 0.2) is 9.84 Å². The SMILES string of the molecule is CS(=O)(=O)Cc1nc2ccccc2n1C[C@H](O)Cn1c2ccccc2c2ccccc21. The Kier molecular flexibility index (Phi) is 4.79. The molecule has 0 saturated carbocycles. The topological polar surface area (TPSA) is 77.1 Å². The van der Waals surface area contributed by atoms with Gasteiger partial charge in [-0.1, -0.05) is 48.5 Å². The summed E-state index contributed by atoms with van der Waals surface area (Å²) in [6.07, 6.45) is 0.473. The smallest absolute Gasteiger partial charge is 0.154 e. The molecule has 0 spiro atoms. The molecule has 158 valence electrons. The molecule has 6 nitrogen and oxygen atoms in total. The average Bonchev–Trinajstić information content (AvgIpc) is 3.23. The van der Waals surface area contributed by atoms with Crippen LogP contribution in [-0.2, 0) is 28.7 Å². The summed E-state index contributed by atoms with van der Waals surface area (Å²) in [6.45, 7) is 0.644. The molecular weight excluding hydrogens is 410 g/mol. The number of aromatic nitrogens is 3. The Hall–Kier alpha value is -3.16. The van der Waals surface area contributed by atoms with Crippen LogP contribution in [0.5, 0.6) is 0 Å². The van der Waals surface area contributed by atoms with Crippen LogP contribution in [-0.4, -0.2) is 40.0 Å². The van der Waals surface area contributed by atoms with Crippen LogP contribution in [0.15, 0.2) is 72.8 Å². The molecule has 0 radical (unpaired) electrons. The zero-order valence-electron chi connectivity index (χ0n) is 17.1. The molecule has 3 aromatic carbocycles. The molecule has 31 heavy (non-hydrogen) atoms. The van der Waals surface area contributed by atoms with Crippen LogP contribution in [0.1, 0.15) is 5.82 Å². The lowest BCUT2D eigenvalue weighted by Gasteiger charge is -2.17. The van der Waals surface area contributed by atoms with E-state index in [-0.39, 0.29) is 12.3 Å². The van der Waals surface area contributed by atoms with E-state index in [0.29, 0.717) is 12.4 Å². The number of aliphatic hydroxyl groups excluding tert-OH is 1. The van der Waals surface area contributed by atoms with Crippen LogP contribution < -0.4 is 0 Å². The van der Waals surface area contributed by atoms with E-state index in [1.54, 1.807) is 0 Å². The molecule has 2 aromatic heterocycles. The number of fused-ring (bicyclic) bond motifs is 4. The van der Waals surface area contributed by atoms with Gasteiger partial charge in [-0.15, -0.1) is 0 Å². The summed E-state index contributed by atoms with van der Waals surface area (Å²) in [5.41, 5.74) is 3.68. The summed E-state index contributed by atoms with van der Waals surface area (Å²) in [5.74, 6) is 0.286. The maximum Gasteiger partial charge on any atom is 0.154 e. The molecule has 1 atom stereocenters. The van der Waals surface area contributed by atoms with Crippen molar-refractivity contribution < 1.29 is 13.5 Å². The van der Waals surface area contributed by atoms with Crippen molar-refractivity contribution >= 4 is 42.7 Å². The predicted octanol–water partition coefficient (Wildman–Crippen LogP) is 3.75. The van der Waals surface area contributed by atoms with E-state index in [1.165, 1.54) is 6.26 Å². The van der Waals surface area contributed by atoms with E-state index >= 15 is 0 Å². The lowest BCUT2D eigenvalue weighted by atomic mass is 10.2. The van der Waals surface area contributed by atoms with Gasteiger partial charge in [0.1, 0.15) is 11.6 Å². The van der Waals surface area contributed by atoms with E-state index in [9.17, 15) is 13.5 Å². The Bertz CT molecular complexity index is 1460. The normalized spacial score (nSPS) is 13.4. The number of hydrogen-bond acceptors (Lipinski definition) is 4. The Labute approximate surface area is 180 Å². The van der Waals surface area contributed by atoms with E-state index in [1.807, 2.05) is 53.1 Å². The molecule has 0 aliphatic rings. The molecular formula is C24H23N3O3S. The van der Waals surface area contributed by atoms with Crippen molar-refractivity contribution in [2.24, 2.45) is 0 Å². The maximum absolute atomic E-state index is 11.9. The standard InChI is InChI=1S/C24H23N3O3S/c1-31(29,30)16-24-25-20-10-4-7-13-23(20)27(24)15-17(28)14-26-21-11-5-2-8-18(21)19-9-3-6-12-22(19)26/h2-13,17,28H,14-16H2,1H3/t17-/m1/s1. The highest BCUT2D eigenvalue weighted by atomic mass is 32.2. The zero-order valence-corrected chi connectivity index (χ0v) is 18.0. The molecule has 0 aliphatic carbocycles. The third-order valence-electron chi connectivity index (χ3n) is 5.59. The molecule has 7 heteroatoms. The van der Waals surface area contributed by atoms with E-state index in [2.05, 4.69) is 33.8 Å². The fourth-order valence-corrected chi connectivity index (χ4v) is 5.04. The van der Waals surface area contributed by atoms with Crippen LogP contribution in [0.2, 0.25) is 0 Å². The number of nitrogens with zero attached hydrogens (tertiary/aromatic N) is 3. The largest absolute Gasteiger partial charge is 0.389 e. The molecule has 0 bridgehead atoms. The number of aliphatic hydroxyl groups is 1. The van der Waals surface area contributed by atoms with Gasteiger partial charge >= 0.3 is 0 Å². The molecule has 5 rings (SSSR count). The Morgan fingerprint density at radius 3 is 1.94 bits per heavy atom. The van der Waals surface area contributed by atoms with E-state index in [4.69, 9.17) is 0 Å². The van der Waals surface area contributed by atoms with Crippen molar-refractivity contribution in [3.63, 3.8) is 0 Å². The molecule has 0 saturated heterocycles. The van der Waals surface area contributed by atoms with Gasteiger partial charge < -0.3 is 14.2 Å². The second kappa shape index (κ2) is 7.51. The maximum atomic E-state index is 11.9. The Balaban J connectivity index is 1.54. The van der Waals surface area contributed by atoms with Gasteiger partial charge in [0.2, 0.25) is 0 Å². The fourth-order valence-electron chi connectivity index (χ4n) is 4.35. The molecule has 0 amide bonds. The molecule has 5 aromatic rings. The summed E-state index contributed by atoms with van der Waals surface area (Å²) < 4.78 is 27.8.